The Morgan fingerprint density at radius 3 is 2.74 bits per heavy atom. The highest BCUT2D eigenvalue weighted by Crippen LogP contribution is 2.29. The number of hydrogen-bond donors (Lipinski definition) is 1. The second kappa shape index (κ2) is 4.05. The van der Waals surface area contributed by atoms with E-state index in [0.717, 1.165) is 23.8 Å². The van der Waals surface area contributed by atoms with E-state index in [1.165, 1.54) is 0 Å². The number of nitrogens with two attached hydrogens (primary N) is 1. The number of nitrogen functional groups attached to an aromatic ring is 1. The van der Waals surface area contributed by atoms with Crippen molar-refractivity contribution < 1.29 is 8.78 Å². The average Bonchev–Trinajstić information content (AvgIpc) is 2.72. The molecule has 0 amide bonds. The number of hydrogen-bond acceptors (Lipinski definition) is 2. The molecule has 0 aliphatic rings. The van der Waals surface area contributed by atoms with E-state index >= 15 is 0 Å². The van der Waals surface area contributed by atoms with E-state index in [4.69, 9.17) is 5.73 Å². The molecular formula is C14H11F2N3. The summed E-state index contributed by atoms with van der Waals surface area (Å²) < 4.78 is 28.7. The van der Waals surface area contributed by atoms with Crippen molar-refractivity contribution in [2.45, 2.75) is 6.92 Å². The third-order valence-corrected chi connectivity index (χ3v) is 3.07. The highest BCUT2D eigenvalue weighted by atomic mass is 19.1. The Morgan fingerprint density at radius 1 is 1.21 bits per heavy atom. The van der Waals surface area contributed by atoms with E-state index in [1.54, 1.807) is 10.6 Å². The van der Waals surface area contributed by atoms with Gasteiger partial charge in [0, 0.05) is 11.8 Å². The van der Waals surface area contributed by atoms with Crippen LogP contribution in [-0.2, 0) is 0 Å². The number of rotatable bonds is 1. The molecule has 3 nitrogen and oxygen atoms in total. The Kier molecular flexibility index (Phi) is 2.48. The summed E-state index contributed by atoms with van der Waals surface area (Å²) in [6.45, 7) is 1.88. The largest absolute Gasteiger partial charge is 0.383 e. The fourth-order valence-electron chi connectivity index (χ4n) is 2.10. The fraction of sp³-hybridized carbons (Fsp3) is 0.0714. The Hall–Kier alpha value is -2.43. The number of pyridine rings is 1. The maximum atomic E-state index is 13.8. The van der Waals surface area contributed by atoms with E-state index < -0.39 is 11.6 Å². The van der Waals surface area contributed by atoms with Crippen molar-refractivity contribution in [2.75, 3.05) is 5.73 Å². The summed E-state index contributed by atoms with van der Waals surface area (Å²) in [6.07, 6.45) is 1.74. The molecule has 96 valence electrons. The van der Waals surface area contributed by atoms with Gasteiger partial charge in [-0.3, -0.25) is 4.40 Å². The summed E-state index contributed by atoms with van der Waals surface area (Å²) in [5.74, 6) is -0.776. The number of halogens is 2. The minimum atomic E-state index is -0.547. The molecular weight excluding hydrogens is 248 g/mol. The van der Waals surface area contributed by atoms with Gasteiger partial charge in [-0.15, -0.1) is 0 Å². The molecule has 0 unspecified atom stereocenters. The van der Waals surface area contributed by atoms with Crippen LogP contribution < -0.4 is 5.73 Å². The number of nitrogens with zero attached hydrogens (tertiary/aromatic N) is 2. The van der Waals surface area contributed by atoms with Crippen LogP contribution in [0.15, 0.2) is 36.5 Å². The zero-order valence-corrected chi connectivity index (χ0v) is 10.2. The van der Waals surface area contributed by atoms with E-state index in [9.17, 15) is 8.78 Å². The first-order valence-electron chi connectivity index (χ1n) is 5.76. The van der Waals surface area contributed by atoms with Gasteiger partial charge in [-0.1, -0.05) is 6.07 Å². The minimum absolute atomic E-state index is 0.0700. The highest BCUT2D eigenvalue weighted by Gasteiger charge is 2.16. The van der Waals surface area contributed by atoms with Gasteiger partial charge >= 0.3 is 0 Å². The van der Waals surface area contributed by atoms with Gasteiger partial charge in [-0.2, -0.15) is 0 Å². The Labute approximate surface area is 108 Å². The van der Waals surface area contributed by atoms with Crippen molar-refractivity contribution in [3.63, 3.8) is 0 Å². The van der Waals surface area contributed by atoms with Gasteiger partial charge in [0.05, 0.1) is 0 Å². The van der Waals surface area contributed by atoms with Crippen molar-refractivity contribution in [1.29, 1.82) is 0 Å². The number of anilines is 1. The molecule has 0 fully saturated rings. The van der Waals surface area contributed by atoms with Gasteiger partial charge in [-0.05, 0) is 36.8 Å². The van der Waals surface area contributed by atoms with E-state index in [1.807, 2.05) is 19.1 Å². The lowest BCUT2D eigenvalue weighted by atomic mass is 10.1. The predicted octanol–water partition coefficient (Wildman–Crippen LogP) is 3.17. The Balaban J connectivity index is 2.34. The topological polar surface area (TPSA) is 43.3 Å². The summed E-state index contributed by atoms with van der Waals surface area (Å²) in [4.78, 5) is 4.32. The monoisotopic (exact) mass is 259 g/mol. The van der Waals surface area contributed by atoms with E-state index in [-0.39, 0.29) is 11.3 Å². The first-order valence-corrected chi connectivity index (χ1v) is 5.76. The van der Waals surface area contributed by atoms with Crippen LogP contribution in [-0.4, -0.2) is 9.38 Å². The molecule has 0 aliphatic carbocycles. The summed E-state index contributed by atoms with van der Waals surface area (Å²) in [7, 11) is 0. The van der Waals surface area contributed by atoms with Gasteiger partial charge in [0.25, 0.3) is 0 Å². The van der Waals surface area contributed by atoms with Crippen LogP contribution in [0, 0.1) is 18.6 Å². The van der Waals surface area contributed by atoms with Crippen LogP contribution in [0.2, 0.25) is 0 Å². The zero-order chi connectivity index (χ0) is 13.6. The molecule has 2 aromatic heterocycles. The number of aromatic nitrogens is 2. The molecule has 0 aliphatic heterocycles. The molecule has 1 aromatic carbocycles. The number of aryl methyl sites for hydroxylation is 1. The number of benzene rings is 1. The van der Waals surface area contributed by atoms with Crippen molar-refractivity contribution in [1.82, 2.24) is 9.38 Å². The first kappa shape index (κ1) is 11.6. The molecule has 2 N–H and O–H groups in total. The lowest BCUT2D eigenvalue weighted by molar-refractivity contribution is 0.603. The van der Waals surface area contributed by atoms with Gasteiger partial charge in [0.1, 0.15) is 28.8 Å². The average molecular weight is 259 g/mol. The van der Waals surface area contributed by atoms with Crippen molar-refractivity contribution in [3.05, 3.63) is 53.7 Å². The van der Waals surface area contributed by atoms with Crippen LogP contribution in [0.25, 0.3) is 16.9 Å². The smallest absolute Gasteiger partial charge is 0.142 e. The van der Waals surface area contributed by atoms with Gasteiger partial charge in [0.2, 0.25) is 0 Å². The molecule has 19 heavy (non-hydrogen) atoms. The predicted molar refractivity (Wildman–Crippen MR) is 69.7 cm³/mol. The van der Waals surface area contributed by atoms with Crippen molar-refractivity contribution in [2.24, 2.45) is 0 Å². The summed E-state index contributed by atoms with van der Waals surface area (Å²) in [5, 5.41) is 0. The molecule has 0 bridgehead atoms. The van der Waals surface area contributed by atoms with Crippen LogP contribution in [0.5, 0.6) is 0 Å². The second-order valence-electron chi connectivity index (χ2n) is 4.35. The maximum absolute atomic E-state index is 13.8. The van der Waals surface area contributed by atoms with Gasteiger partial charge < -0.3 is 5.73 Å². The molecule has 0 saturated heterocycles. The molecule has 5 heteroatoms. The van der Waals surface area contributed by atoms with Gasteiger partial charge in [0.15, 0.2) is 0 Å². The SMILES string of the molecule is Cc1cccn2c(N)c(-c3cc(F)ccc3F)nc12. The van der Waals surface area contributed by atoms with E-state index in [0.29, 0.717) is 11.5 Å². The number of imidazole rings is 1. The van der Waals surface area contributed by atoms with Crippen molar-refractivity contribution in [3.8, 4) is 11.3 Å². The lowest BCUT2D eigenvalue weighted by Gasteiger charge is -2.01. The van der Waals surface area contributed by atoms with Crippen LogP contribution in [0.3, 0.4) is 0 Å². The maximum Gasteiger partial charge on any atom is 0.142 e. The Bertz CT molecular complexity index is 778. The second-order valence-corrected chi connectivity index (χ2v) is 4.35. The number of fused-ring (bicyclic) bond motifs is 1. The quantitative estimate of drug-likeness (QED) is 0.729. The van der Waals surface area contributed by atoms with Crippen molar-refractivity contribution >= 4 is 11.5 Å². The molecule has 0 saturated carbocycles. The molecule has 2 heterocycles. The third-order valence-electron chi connectivity index (χ3n) is 3.07. The molecule has 0 radical (unpaired) electrons. The van der Waals surface area contributed by atoms with Crippen LogP contribution in [0.1, 0.15) is 5.56 Å². The molecule has 3 aromatic rings. The molecule has 0 atom stereocenters. The lowest BCUT2D eigenvalue weighted by Crippen LogP contribution is -1.95. The van der Waals surface area contributed by atoms with E-state index in [2.05, 4.69) is 4.98 Å². The zero-order valence-electron chi connectivity index (χ0n) is 10.2. The van der Waals surface area contributed by atoms with Gasteiger partial charge in [-0.25, -0.2) is 13.8 Å². The van der Waals surface area contributed by atoms with Crippen LogP contribution in [0.4, 0.5) is 14.6 Å². The summed E-state index contributed by atoms with van der Waals surface area (Å²) >= 11 is 0. The Morgan fingerprint density at radius 2 is 2.00 bits per heavy atom. The minimum Gasteiger partial charge on any atom is -0.383 e. The third kappa shape index (κ3) is 1.74. The molecule has 0 spiro atoms. The molecule has 3 rings (SSSR count). The fourth-order valence-corrected chi connectivity index (χ4v) is 2.10. The standard InChI is InChI=1S/C14H11F2N3/c1-8-3-2-6-19-13(17)12(18-14(8)19)10-7-9(15)4-5-11(10)16/h2-7H,17H2,1H3. The summed E-state index contributed by atoms with van der Waals surface area (Å²) in [5.41, 5.74) is 7.85. The first-order chi connectivity index (χ1) is 9.08. The summed E-state index contributed by atoms with van der Waals surface area (Å²) in [6, 6.07) is 6.94. The van der Waals surface area contributed by atoms with Crippen LogP contribution >= 0.6 is 0 Å². The normalized spacial score (nSPS) is 11.1. The highest BCUT2D eigenvalue weighted by molar-refractivity contribution is 5.76.